The minimum Gasteiger partial charge on any atom is -0.339 e. The van der Waals surface area contributed by atoms with Crippen LogP contribution in [-0.2, 0) is 6.54 Å². The first-order valence-corrected chi connectivity index (χ1v) is 12.9. The Kier molecular flexibility index (Phi) is 5.81. The summed E-state index contributed by atoms with van der Waals surface area (Å²) in [4.78, 5) is 4.05. The molecule has 166 valence electrons. The largest absolute Gasteiger partial charge is 0.339 e. The fourth-order valence-corrected chi connectivity index (χ4v) is 6.26. The number of rotatable bonds is 6. The van der Waals surface area contributed by atoms with Crippen LogP contribution in [-0.4, -0.2) is 47.4 Å². The topological polar surface area (TPSA) is 20.2 Å². The van der Waals surface area contributed by atoms with Crippen LogP contribution in [0.25, 0.3) is 32.6 Å². The van der Waals surface area contributed by atoms with E-state index in [2.05, 4.69) is 106 Å². The van der Waals surface area contributed by atoms with Gasteiger partial charge in [-0.25, -0.2) is 0 Å². The van der Waals surface area contributed by atoms with Crippen LogP contribution < -0.4 is 5.32 Å². The summed E-state index contributed by atoms with van der Waals surface area (Å²) in [6.45, 7) is 5.38. The van der Waals surface area contributed by atoms with E-state index < -0.39 is 0 Å². The second-order valence-corrected chi connectivity index (χ2v) is 10.00. The molecule has 1 aliphatic rings. The summed E-state index contributed by atoms with van der Waals surface area (Å²) in [5.41, 5.74) is 2.68. The Labute approximate surface area is 199 Å². The Morgan fingerprint density at radius 2 is 1.36 bits per heavy atom. The summed E-state index contributed by atoms with van der Waals surface area (Å²) in [5.74, 6) is 1.08. The zero-order valence-electron chi connectivity index (χ0n) is 18.8. The van der Waals surface area contributed by atoms with Crippen molar-refractivity contribution in [2.75, 3.05) is 31.9 Å². The monoisotopic (exact) mass is 451 g/mol. The van der Waals surface area contributed by atoms with E-state index in [0.717, 1.165) is 38.5 Å². The Morgan fingerprint density at radius 1 is 0.727 bits per heavy atom. The molecule has 4 heteroatoms. The molecule has 4 aromatic carbocycles. The average molecular weight is 452 g/mol. The van der Waals surface area contributed by atoms with E-state index in [4.69, 9.17) is 0 Å². The minimum atomic E-state index is 0.475. The molecule has 6 rings (SSSR count). The summed E-state index contributed by atoms with van der Waals surface area (Å²) >= 11 is 1.99. The third kappa shape index (κ3) is 4.15. The lowest BCUT2D eigenvalue weighted by Crippen LogP contribution is -2.50. The van der Waals surface area contributed by atoms with Gasteiger partial charge in [0.25, 0.3) is 0 Å². The molecule has 0 saturated carbocycles. The molecule has 1 atom stereocenters. The maximum absolute atomic E-state index is 3.53. The van der Waals surface area contributed by atoms with E-state index in [0.29, 0.717) is 6.04 Å². The highest BCUT2D eigenvalue weighted by Crippen LogP contribution is 2.31. The van der Waals surface area contributed by atoms with Gasteiger partial charge in [0.15, 0.2) is 0 Å². The molecule has 1 aliphatic heterocycles. The van der Waals surface area contributed by atoms with Gasteiger partial charge < -0.3 is 9.88 Å². The standard InChI is InChI=1S/C29H29N3S/c1-2-8-23-19-25(14-13-22(23)7-1)33-21-24(31-17-15-30-16-18-31)20-32-28-11-5-3-9-26(28)27-10-4-6-12-29(27)32/h1-14,19,24,30H,15-18,20-21H2. The molecule has 0 spiro atoms. The smallest absolute Gasteiger partial charge is 0.0491 e. The fourth-order valence-electron chi connectivity index (χ4n) is 5.18. The predicted molar refractivity (Wildman–Crippen MR) is 142 cm³/mol. The third-order valence-corrected chi connectivity index (χ3v) is 8.04. The van der Waals surface area contributed by atoms with Crippen LogP contribution in [0.15, 0.2) is 95.9 Å². The number of nitrogens with zero attached hydrogens (tertiary/aromatic N) is 2. The molecular weight excluding hydrogens is 422 g/mol. The number of nitrogens with one attached hydrogen (secondary N) is 1. The first-order valence-electron chi connectivity index (χ1n) is 11.9. The summed E-state index contributed by atoms with van der Waals surface area (Å²) in [7, 11) is 0. The van der Waals surface area contributed by atoms with Crippen LogP contribution in [0.1, 0.15) is 0 Å². The second-order valence-electron chi connectivity index (χ2n) is 8.90. The molecular formula is C29H29N3S. The zero-order chi connectivity index (χ0) is 22.0. The van der Waals surface area contributed by atoms with Crippen LogP contribution in [0, 0.1) is 0 Å². The Balaban J connectivity index is 1.33. The molecule has 1 fully saturated rings. The van der Waals surface area contributed by atoms with E-state index in [1.54, 1.807) is 0 Å². The molecule has 0 aliphatic carbocycles. The molecule has 3 nitrogen and oxygen atoms in total. The number of piperazine rings is 1. The number of thioether (sulfide) groups is 1. The van der Waals surface area contributed by atoms with Gasteiger partial charge >= 0.3 is 0 Å². The van der Waals surface area contributed by atoms with Crippen LogP contribution in [0.2, 0.25) is 0 Å². The summed E-state index contributed by atoms with van der Waals surface area (Å²) in [6, 6.07) is 33.7. The maximum atomic E-state index is 3.53. The maximum Gasteiger partial charge on any atom is 0.0491 e. The highest BCUT2D eigenvalue weighted by Gasteiger charge is 2.23. The van der Waals surface area contributed by atoms with E-state index >= 15 is 0 Å². The molecule has 1 saturated heterocycles. The van der Waals surface area contributed by atoms with Crippen molar-refractivity contribution in [3.05, 3.63) is 91.0 Å². The van der Waals surface area contributed by atoms with Crippen molar-refractivity contribution in [2.24, 2.45) is 0 Å². The van der Waals surface area contributed by atoms with E-state index in [1.165, 1.54) is 37.5 Å². The van der Waals surface area contributed by atoms with Crippen LogP contribution in [0.5, 0.6) is 0 Å². The van der Waals surface area contributed by atoms with E-state index in [1.807, 2.05) is 11.8 Å². The summed E-state index contributed by atoms with van der Waals surface area (Å²) in [5, 5.41) is 8.87. The average Bonchev–Trinajstić information content (AvgIpc) is 3.20. The number of hydrogen-bond acceptors (Lipinski definition) is 3. The predicted octanol–water partition coefficient (Wildman–Crippen LogP) is 6.01. The normalized spacial score (nSPS) is 16.0. The second kappa shape index (κ2) is 9.22. The zero-order valence-corrected chi connectivity index (χ0v) is 19.6. The third-order valence-electron chi connectivity index (χ3n) is 6.90. The van der Waals surface area contributed by atoms with Gasteiger partial charge in [-0.2, -0.15) is 0 Å². The van der Waals surface area contributed by atoms with Gasteiger partial charge in [0.1, 0.15) is 0 Å². The molecule has 0 amide bonds. The van der Waals surface area contributed by atoms with Gasteiger partial charge in [0.05, 0.1) is 0 Å². The van der Waals surface area contributed by atoms with Crippen molar-refractivity contribution in [3.8, 4) is 0 Å². The quantitative estimate of drug-likeness (QED) is 0.319. The van der Waals surface area contributed by atoms with Gasteiger partial charge in [0, 0.05) is 71.2 Å². The lowest BCUT2D eigenvalue weighted by molar-refractivity contribution is 0.174. The lowest BCUT2D eigenvalue weighted by atomic mass is 10.1. The van der Waals surface area contributed by atoms with E-state index in [9.17, 15) is 0 Å². The lowest BCUT2D eigenvalue weighted by Gasteiger charge is -2.35. The van der Waals surface area contributed by atoms with Crippen LogP contribution in [0.4, 0.5) is 0 Å². The molecule has 1 N–H and O–H groups in total. The number of aromatic nitrogens is 1. The highest BCUT2D eigenvalue weighted by molar-refractivity contribution is 7.99. The molecule has 2 heterocycles. The van der Waals surface area contributed by atoms with Crippen molar-refractivity contribution < 1.29 is 0 Å². The van der Waals surface area contributed by atoms with Gasteiger partial charge in [-0.15, -0.1) is 11.8 Å². The van der Waals surface area contributed by atoms with Crippen LogP contribution in [0.3, 0.4) is 0 Å². The minimum absolute atomic E-state index is 0.475. The van der Waals surface area contributed by atoms with Gasteiger partial charge in [-0.3, -0.25) is 4.90 Å². The van der Waals surface area contributed by atoms with Crippen molar-refractivity contribution in [3.63, 3.8) is 0 Å². The molecule has 1 unspecified atom stereocenters. The number of fused-ring (bicyclic) bond motifs is 4. The first-order chi connectivity index (χ1) is 16.4. The molecule has 1 aromatic heterocycles. The molecule has 0 bridgehead atoms. The molecule has 0 radical (unpaired) electrons. The summed E-state index contributed by atoms with van der Waals surface area (Å²) in [6.07, 6.45) is 0. The van der Waals surface area contributed by atoms with Crippen LogP contribution >= 0.6 is 11.8 Å². The van der Waals surface area contributed by atoms with Crippen molar-refractivity contribution in [2.45, 2.75) is 17.5 Å². The number of para-hydroxylation sites is 2. The fraction of sp³-hybridized carbons (Fsp3) is 0.241. The van der Waals surface area contributed by atoms with Gasteiger partial charge in [-0.1, -0.05) is 66.7 Å². The number of benzene rings is 4. The van der Waals surface area contributed by atoms with Crippen molar-refractivity contribution >= 4 is 44.3 Å². The SMILES string of the molecule is c1ccc2cc(SCC(Cn3c4ccccc4c4ccccc43)N3CCNCC3)ccc2c1. The number of hydrogen-bond donors (Lipinski definition) is 1. The summed E-state index contributed by atoms with van der Waals surface area (Å²) < 4.78 is 2.55. The van der Waals surface area contributed by atoms with Gasteiger partial charge in [-0.05, 0) is 35.0 Å². The van der Waals surface area contributed by atoms with Crippen molar-refractivity contribution in [1.29, 1.82) is 0 Å². The first kappa shape index (κ1) is 20.8. The Hall–Kier alpha value is -2.79. The van der Waals surface area contributed by atoms with E-state index in [-0.39, 0.29) is 0 Å². The van der Waals surface area contributed by atoms with Gasteiger partial charge in [0.2, 0.25) is 0 Å². The highest BCUT2D eigenvalue weighted by atomic mass is 32.2. The molecule has 5 aromatic rings. The Morgan fingerprint density at radius 3 is 2.09 bits per heavy atom. The Bertz CT molecular complexity index is 1350. The van der Waals surface area contributed by atoms with Crippen molar-refractivity contribution in [1.82, 2.24) is 14.8 Å². The molecule has 33 heavy (non-hydrogen) atoms.